The molecule has 0 N–H and O–H groups in total. The first-order valence-electron chi connectivity index (χ1n) is 7.64. The largest absolute Gasteiger partial charge is 0.497 e. The Morgan fingerprint density at radius 3 is 2.62 bits per heavy atom. The van der Waals surface area contributed by atoms with Crippen molar-refractivity contribution in [1.82, 2.24) is 19.8 Å². The van der Waals surface area contributed by atoms with Crippen LogP contribution in [0.1, 0.15) is 10.6 Å². The third-order valence-electron chi connectivity index (χ3n) is 3.73. The van der Waals surface area contributed by atoms with Gasteiger partial charge in [-0.2, -0.15) is 9.61 Å². The normalized spacial score (nSPS) is 11.5. The van der Waals surface area contributed by atoms with Crippen LogP contribution in [0.4, 0.5) is 8.78 Å². The summed E-state index contributed by atoms with van der Waals surface area (Å²) in [5.74, 6) is -0.959. The van der Waals surface area contributed by atoms with E-state index >= 15 is 0 Å². The molecule has 0 aliphatic rings. The van der Waals surface area contributed by atoms with Crippen LogP contribution < -0.4 is 4.74 Å². The Balaban J connectivity index is 1.67. The summed E-state index contributed by atoms with van der Waals surface area (Å²) in [4.78, 5) is 0.498. The molecule has 26 heavy (non-hydrogen) atoms. The summed E-state index contributed by atoms with van der Waals surface area (Å²) in [7, 11) is 1.61. The molecule has 0 aliphatic carbocycles. The standard InChI is InChI=1S/C18H12F2N4OS/c1-25-12-8-5-11(6-9-12)7-10-15-23-24-17(21-22-18(24)26-15)13-3-2-4-14(19)16(13)20/h2-10H,1H3. The second-order valence-electron chi connectivity index (χ2n) is 5.37. The van der Waals surface area contributed by atoms with Crippen LogP contribution in [0.15, 0.2) is 42.5 Å². The molecule has 0 unspecified atom stereocenters. The first-order chi connectivity index (χ1) is 12.7. The lowest BCUT2D eigenvalue weighted by molar-refractivity contribution is 0.415. The number of hydrogen-bond donors (Lipinski definition) is 0. The maximum Gasteiger partial charge on any atom is 0.235 e. The highest BCUT2D eigenvalue weighted by atomic mass is 32.1. The Hall–Kier alpha value is -3.13. The second-order valence-corrected chi connectivity index (χ2v) is 6.35. The monoisotopic (exact) mass is 370 g/mol. The van der Waals surface area contributed by atoms with Crippen molar-refractivity contribution in [3.8, 4) is 17.1 Å². The van der Waals surface area contributed by atoms with Crippen LogP contribution in [0.25, 0.3) is 28.5 Å². The highest BCUT2D eigenvalue weighted by molar-refractivity contribution is 7.17. The molecular formula is C18H12F2N4OS. The Morgan fingerprint density at radius 2 is 1.85 bits per heavy atom. The van der Waals surface area contributed by atoms with Crippen molar-refractivity contribution in [3.63, 3.8) is 0 Å². The zero-order valence-corrected chi connectivity index (χ0v) is 14.4. The van der Waals surface area contributed by atoms with Crippen LogP contribution in [-0.4, -0.2) is 26.9 Å². The molecular weight excluding hydrogens is 358 g/mol. The minimum Gasteiger partial charge on any atom is -0.497 e. The zero-order valence-electron chi connectivity index (χ0n) is 13.6. The molecule has 4 aromatic rings. The molecule has 0 fully saturated rings. The van der Waals surface area contributed by atoms with E-state index in [9.17, 15) is 8.78 Å². The number of fused-ring (bicyclic) bond motifs is 1. The lowest BCUT2D eigenvalue weighted by Gasteiger charge is -1.99. The van der Waals surface area contributed by atoms with Gasteiger partial charge in [-0.3, -0.25) is 0 Å². The molecule has 5 nitrogen and oxygen atoms in total. The van der Waals surface area contributed by atoms with Gasteiger partial charge in [-0.05, 0) is 35.9 Å². The summed E-state index contributed by atoms with van der Waals surface area (Å²) < 4.78 is 34.0. The minimum atomic E-state index is -0.967. The van der Waals surface area contributed by atoms with Crippen molar-refractivity contribution in [2.24, 2.45) is 0 Å². The van der Waals surface area contributed by atoms with E-state index < -0.39 is 11.6 Å². The van der Waals surface area contributed by atoms with Gasteiger partial charge >= 0.3 is 0 Å². The van der Waals surface area contributed by atoms with Gasteiger partial charge in [-0.1, -0.05) is 35.6 Å². The van der Waals surface area contributed by atoms with Gasteiger partial charge in [0.25, 0.3) is 0 Å². The lowest BCUT2D eigenvalue weighted by atomic mass is 10.2. The molecule has 0 bridgehead atoms. The number of rotatable bonds is 4. The smallest absolute Gasteiger partial charge is 0.235 e. The van der Waals surface area contributed by atoms with Gasteiger partial charge in [0.05, 0.1) is 12.7 Å². The fourth-order valence-corrected chi connectivity index (χ4v) is 3.17. The highest BCUT2D eigenvalue weighted by Gasteiger charge is 2.17. The van der Waals surface area contributed by atoms with Crippen LogP contribution in [-0.2, 0) is 0 Å². The summed E-state index contributed by atoms with van der Waals surface area (Å²) in [5, 5.41) is 13.0. The molecule has 0 radical (unpaired) electrons. The summed E-state index contributed by atoms with van der Waals surface area (Å²) in [6, 6.07) is 11.5. The summed E-state index contributed by atoms with van der Waals surface area (Å²) in [6.07, 6.45) is 3.72. The van der Waals surface area contributed by atoms with Crippen LogP contribution >= 0.6 is 11.3 Å². The van der Waals surface area contributed by atoms with E-state index in [1.807, 2.05) is 36.4 Å². The zero-order chi connectivity index (χ0) is 18.1. The molecule has 8 heteroatoms. The van der Waals surface area contributed by atoms with Gasteiger partial charge in [0, 0.05) is 0 Å². The molecule has 4 rings (SSSR count). The number of halogens is 2. The van der Waals surface area contributed by atoms with Crippen LogP contribution in [0.2, 0.25) is 0 Å². The van der Waals surface area contributed by atoms with E-state index in [-0.39, 0.29) is 11.4 Å². The van der Waals surface area contributed by atoms with E-state index in [0.717, 1.165) is 17.4 Å². The third kappa shape index (κ3) is 2.95. The predicted molar refractivity (Wildman–Crippen MR) is 95.9 cm³/mol. The lowest BCUT2D eigenvalue weighted by Crippen LogP contribution is -1.95. The molecule has 130 valence electrons. The Morgan fingerprint density at radius 1 is 1.04 bits per heavy atom. The molecule has 0 spiro atoms. The molecule has 0 saturated heterocycles. The van der Waals surface area contributed by atoms with E-state index in [4.69, 9.17) is 4.74 Å². The first kappa shape index (κ1) is 16.3. The van der Waals surface area contributed by atoms with Gasteiger partial charge in [-0.15, -0.1) is 10.2 Å². The van der Waals surface area contributed by atoms with Crippen molar-refractivity contribution in [2.75, 3.05) is 7.11 Å². The minimum absolute atomic E-state index is 0.0217. The van der Waals surface area contributed by atoms with E-state index in [0.29, 0.717) is 9.97 Å². The third-order valence-corrected chi connectivity index (χ3v) is 4.60. The van der Waals surface area contributed by atoms with Gasteiger partial charge in [0.2, 0.25) is 4.96 Å². The molecule has 0 amide bonds. The number of aromatic nitrogens is 4. The number of hydrogen-bond acceptors (Lipinski definition) is 5. The van der Waals surface area contributed by atoms with Gasteiger partial charge in [0.15, 0.2) is 17.5 Å². The predicted octanol–water partition coefficient (Wildman–Crippen LogP) is 4.31. The molecule has 2 aromatic heterocycles. The number of benzene rings is 2. The van der Waals surface area contributed by atoms with Gasteiger partial charge < -0.3 is 4.74 Å². The van der Waals surface area contributed by atoms with E-state index in [1.54, 1.807) is 7.11 Å². The summed E-state index contributed by atoms with van der Waals surface area (Å²) in [5.41, 5.74) is 1.00. The first-order valence-corrected chi connectivity index (χ1v) is 8.46. The molecule has 0 atom stereocenters. The number of ether oxygens (including phenoxy) is 1. The summed E-state index contributed by atoms with van der Waals surface area (Å²) in [6.45, 7) is 0. The molecule has 0 aliphatic heterocycles. The van der Waals surface area contributed by atoms with E-state index in [2.05, 4.69) is 15.3 Å². The fourth-order valence-electron chi connectivity index (χ4n) is 2.43. The average Bonchev–Trinajstić information content (AvgIpc) is 3.23. The number of methoxy groups -OCH3 is 1. The van der Waals surface area contributed by atoms with E-state index in [1.165, 1.54) is 28.0 Å². The van der Waals surface area contributed by atoms with Crippen molar-refractivity contribution in [3.05, 3.63) is 64.7 Å². The van der Waals surface area contributed by atoms with Crippen molar-refractivity contribution < 1.29 is 13.5 Å². The van der Waals surface area contributed by atoms with Gasteiger partial charge in [0.1, 0.15) is 10.8 Å². The van der Waals surface area contributed by atoms with Crippen LogP contribution in [0.5, 0.6) is 5.75 Å². The second kappa shape index (κ2) is 6.64. The Kier molecular flexibility index (Phi) is 4.18. The molecule has 2 aromatic carbocycles. The Labute approximate surface area is 151 Å². The average molecular weight is 370 g/mol. The van der Waals surface area contributed by atoms with Gasteiger partial charge in [-0.25, -0.2) is 8.78 Å². The fraction of sp³-hybridized carbons (Fsp3) is 0.0556. The number of nitrogens with zero attached hydrogens (tertiary/aromatic N) is 4. The topological polar surface area (TPSA) is 52.3 Å². The summed E-state index contributed by atoms with van der Waals surface area (Å²) >= 11 is 1.30. The van der Waals surface area contributed by atoms with Crippen molar-refractivity contribution in [1.29, 1.82) is 0 Å². The SMILES string of the molecule is COc1ccc(C=Cc2nn3c(-c4cccc(F)c4F)nnc3s2)cc1. The van der Waals surface area contributed by atoms with Crippen LogP contribution in [0.3, 0.4) is 0 Å². The van der Waals surface area contributed by atoms with Crippen molar-refractivity contribution >= 4 is 28.4 Å². The molecule has 0 saturated carbocycles. The molecule has 2 heterocycles. The maximum atomic E-state index is 14.0. The quantitative estimate of drug-likeness (QED) is 0.537. The maximum absolute atomic E-state index is 14.0. The van der Waals surface area contributed by atoms with Crippen LogP contribution in [0, 0.1) is 11.6 Å². The van der Waals surface area contributed by atoms with Crippen molar-refractivity contribution in [2.45, 2.75) is 0 Å². The highest BCUT2D eigenvalue weighted by Crippen LogP contribution is 2.26. The Bertz CT molecular complexity index is 1100.